The minimum atomic E-state index is 0.00681. The van der Waals surface area contributed by atoms with Gasteiger partial charge in [-0.15, -0.1) is 0 Å². The number of hydrogen-bond donors (Lipinski definition) is 2. The fraction of sp³-hybridized carbons (Fsp3) is 0.609. The maximum absolute atomic E-state index is 9.98. The summed E-state index contributed by atoms with van der Waals surface area (Å²) in [5, 5.41) is 20.5. The molecule has 0 aliphatic carbocycles. The van der Waals surface area contributed by atoms with Crippen molar-refractivity contribution in [3.8, 4) is 0 Å². The number of likely N-dealkylation sites (N-methyl/N-ethyl adjacent to an activating group) is 1. The highest BCUT2D eigenvalue weighted by Gasteiger charge is 2.35. The molecule has 2 fully saturated rings. The molecule has 0 spiro atoms. The maximum atomic E-state index is 9.98. The molecule has 29 heavy (non-hydrogen) atoms. The molecule has 0 saturated carbocycles. The molecule has 0 bridgehead atoms. The van der Waals surface area contributed by atoms with Gasteiger partial charge in [0.1, 0.15) is 5.82 Å². The van der Waals surface area contributed by atoms with Crippen molar-refractivity contribution in [1.82, 2.24) is 14.8 Å². The lowest BCUT2D eigenvalue weighted by Gasteiger charge is -2.47. The SMILES string of the molecule is CN1CCN([C@@H]2CCN(c3nc4ccccc4cc3CO)C[C@@H]2CCCO)CC1. The van der Waals surface area contributed by atoms with Crippen molar-refractivity contribution in [3.05, 3.63) is 35.9 Å². The minimum absolute atomic E-state index is 0.00681. The average molecular weight is 399 g/mol. The maximum Gasteiger partial charge on any atom is 0.134 e. The first-order valence-corrected chi connectivity index (χ1v) is 11.0. The lowest BCUT2D eigenvalue weighted by molar-refractivity contribution is 0.0636. The summed E-state index contributed by atoms with van der Waals surface area (Å²) in [5.41, 5.74) is 1.88. The van der Waals surface area contributed by atoms with Crippen LogP contribution in [0.15, 0.2) is 30.3 Å². The zero-order valence-electron chi connectivity index (χ0n) is 17.5. The number of fused-ring (bicyclic) bond motifs is 1. The van der Waals surface area contributed by atoms with Crippen LogP contribution in [-0.4, -0.2) is 84.0 Å². The van der Waals surface area contributed by atoms with Crippen LogP contribution in [0.5, 0.6) is 0 Å². The van der Waals surface area contributed by atoms with Crippen LogP contribution in [0.2, 0.25) is 0 Å². The van der Waals surface area contributed by atoms with Crippen LogP contribution in [0.4, 0.5) is 5.82 Å². The highest BCUT2D eigenvalue weighted by atomic mass is 16.3. The standard InChI is InChI=1S/C23H34N4O2/c1-25-10-12-26(13-11-25)22-8-9-27(16-19(22)6-4-14-28)23-20(17-29)15-18-5-2-3-7-21(18)24-23/h2-3,5,7,15,19,22,28-29H,4,6,8-14,16-17H2,1H3/t19-,22+/m0/s1. The number of benzene rings is 1. The molecule has 2 N–H and O–H groups in total. The first-order chi connectivity index (χ1) is 14.2. The van der Waals surface area contributed by atoms with E-state index >= 15 is 0 Å². The summed E-state index contributed by atoms with van der Waals surface area (Å²) in [7, 11) is 2.20. The van der Waals surface area contributed by atoms with Crippen LogP contribution in [0.3, 0.4) is 0 Å². The van der Waals surface area contributed by atoms with Crippen molar-refractivity contribution in [2.75, 3.05) is 57.8 Å². The molecule has 4 rings (SSSR count). The Kier molecular flexibility index (Phi) is 6.65. The van der Waals surface area contributed by atoms with Crippen LogP contribution in [0, 0.1) is 5.92 Å². The number of aliphatic hydroxyl groups is 2. The summed E-state index contributed by atoms with van der Waals surface area (Å²) in [6.45, 7) is 6.69. The number of anilines is 1. The van der Waals surface area contributed by atoms with Gasteiger partial charge in [-0.3, -0.25) is 4.90 Å². The van der Waals surface area contributed by atoms with Crippen molar-refractivity contribution >= 4 is 16.7 Å². The molecule has 0 amide bonds. The smallest absolute Gasteiger partial charge is 0.134 e. The fourth-order valence-electron chi connectivity index (χ4n) is 5.02. The average Bonchev–Trinajstić information content (AvgIpc) is 2.77. The summed E-state index contributed by atoms with van der Waals surface area (Å²) < 4.78 is 0. The van der Waals surface area contributed by atoms with Crippen molar-refractivity contribution in [2.45, 2.75) is 31.9 Å². The number of aromatic nitrogens is 1. The number of pyridine rings is 1. The van der Waals surface area contributed by atoms with Gasteiger partial charge in [-0.2, -0.15) is 0 Å². The van der Waals surface area contributed by atoms with E-state index in [0.29, 0.717) is 12.0 Å². The largest absolute Gasteiger partial charge is 0.396 e. The molecule has 6 nitrogen and oxygen atoms in total. The molecule has 2 aromatic rings. The van der Waals surface area contributed by atoms with E-state index in [9.17, 15) is 10.2 Å². The van der Waals surface area contributed by atoms with Gasteiger partial charge >= 0.3 is 0 Å². The third-order valence-corrected chi connectivity index (χ3v) is 6.68. The van der Waals surface area contributed by atoms with Crippen molar-refractivity contribution in [2.24, 2.45) is 5.92 Å². The summed E-state index contributed by atoms with van der Waals surface area (Å²) >= 11 is 0. The number of para-hydroxylation sites is 1. The van der Waals surface area contributed by atoms with Gasteiger partial charge < -0.3 is 20.0 Å². The molecule has 158 valence electrons. The summed E-state index contributed by atoms with van der Waals surface area (Å²) in [6, 6.07) is 10.8. The zero-order chi connectivity index (χ0) is 20.2. The number of hydrogen-bond acceptors (Lipinski definition) is 6. The van der Waals surface area contributed by atoms with E-state index in [1.807, 2.05) is 18.2 Å². The number of nitrogens with zero attached hydrogens (tertiary/aromatic N) is 4. The zero-order valence-corrected chi connectivity index (χ0v) is 17.5. The second-order valence-electron chi connectivity index (χ2n) is 8.59. The van der Waals surface area contributed by atoms with Gasteiger partial charge in [0, 0.05) is 62.9 Å². The van der Waals surface area contributed by atoms with Crippen molar-refractivity contribution in [1.29, 1.82) is 0 Å². The highest BCUT2D eigenvalue weighted by Crippen LogP contribution is 2.32. The Hall–Kier alpha value is -1.73. The second-order valence-corrected chi connectivity index (χ2v) is 8.59. The molecular formula is C23H34N4O2. The van der Waals surface area contributed by atoms with E-state index in [-0.39, 0.29) is 13.2 Å². The Morgan fingerprint density at radius 3 is 2.62 bits per heavy atom. The van der Waals surface area contributed by atoms with Gasteiger partial charge in [-0.05, 0) is 44.4 Å². The monoisotopic (exact) mass is 398 g/mol. The van der Waals surface area contributed by atoms with Crippen LogP contribution in [0.25, 0.3) is 10.9 Å². The number of rotatable bonds is 6. The topological polar surface area (TPSA) is 63.1 Å². The lowest BCUT2D eigenvalue weighted by Crippen LogP contribution is -2.56. The third kappa shape index (κ3) is 4.56. The Labute approximate surface area is 173 Å². The summed E-state index contributed by atoms with van der Waals surface area (Å²) in [5.74, 6) is 1.44. The fourth-order valence-corrected chi connectivity index (χ4v) is 5.02. The van der Waals surface area contributed by atoms with E-state index in [1.54, 1.807) is 0 Å². The van der Waals surface area contributed by atoms with Crippen LogP contribution in [0.1, 0.15) is 24.8 Å². The second kappa shape index (κ2) is 9.39. The first kappa shape index (κ1) is 20.5. The van der Waals surface area contributed by atoms with E-state index in [0.717, 1.165) is 80.8 Å². The molecule has 2 saturated heterocycles. The minimum Gasteiger partial charge on any atom is -0.396 e. The molecule has 1 aromatic heterocycles. The first-order valence-electron chi connectivity index (χ1n) is 11.0. The van der Waals surface area contributed by atoms with Crippen LogP contribution < -0.4 is 4.90 Å². The van der Waals surface area contributed by atoms with Gasteiger partial charge in [-0.25, -0.2) is 4.98 Å². The molecule has 2 atom stereocenters. The number of piperazine rings is 1. The van der Waals surface area contributed by atoms with Gasteiger partial charge in [0.2, 0.25) is 0 Å². The van der Waals surface area contributed by atoms with Crippen LogP contribution >= 0.6 is 0 Å². The Balaban J connectivity index is 1.56. The van der Waals surface area contributed by atoms with E-state index in [1.165, 1.54) is 0 Å². The van der Waals surface area contributed by atoms with Crippen molar-refractivity contribution in [3.63, 3.8) is 0 Å². The van der Waals surface area contributed by atoms with Crippen molar-refractivity contribution < 1.29 is 10.2 Å². The van der Waals surface area contributed by atoms with Gasteiger partial charge in [0.15, 0.2) is 0 Å². The summed E-state index contributed by atoms with van der Waals surface area (Å²) in [4.78, 5) is 12.4. The number of piperidine rings is 1. The van der Waals surface area contributed by atoms with E-state index in [4.69, 9.17) is 4.98 Å². The molecule has 1 aromatic carbocycles. The molecule has 3 heterocycles. The number of aliphatic hydroxyl groups excluding tert-OH is 2. The molecule has 0 radical (unpaired) electrons. The molecule has 0 unspecified atom stereocenters. The highest BCUT2D eigenvalue weighted by molar-refractivity contribution is 5.81. The molecule has 2 aliphatic rings. The Morgan fingerprint density at radius 1 is 1.07 bits per heavy atom. The lowest BCUT2D eigenvalue weighted by atomic mass is 9.86. The Bertz CT molecular complexity index is 807. The van der Waals surface area contributed by atoms with E-state index in [2.05, 4.69) is 33.9 Å². The molecule has 2 aliphatic heterocycles. The third-order valence-electron chi connectivity index (χ3n) is 6.68. The molecule has 6 heteroatoms. The normalized spacial score (nSPS) is 24.3. The van der Waals surface area contributed by atoms with Gasteiger partial charge in [0.25, 0.3) is 0 Å². The van der Waals surface area contributed by atoms with Crippen LogP contribution in [-0.2, 0) is 6.61 Å². The predicted octanol–water partition coefficient (Wildman–Crippen LogP) is 1.94. The predicted molar refractivity (Wildman–Crippen MR) is 117 cm³/mol. The van der Waals surface area contributed by atoms with Gasteiger partial charge in [-0.1, -0.05) is 18.2 Å². The Morgan fingerprint density at radius 2 is 1.86 bits per heavy atom. The molecular weight excluding hydrogens is 364 g/mol. The van der Waals surface area contributed by atoms with E-state index < -0.39 is 0 Å². The van der Waals surface area contributed by atoms with Gasteiger partial charge in [0.05, 0.1) is 12.1 Å². The quantitative estimate of drug-likeness (QED) is 0.776. The summed E-state index contributed by atoms with van der Waals surface area (Å²) in [6.07, 6.45) is 2.99.